The molecule has 1 rings (SSSR count). The average Bonchev–Trinajstić information content (AvgIpc) is 2.25. The minimum Gasteiger partial charge on any atom is -0.478 e. The second kappa shape index (κ2) is 6.29. The lowest BCUT2D eigenvalue weighted by Crippen LogP contribution is -2.08. The molecule has 1 aromatic heterocycles. The van der Waals surface area contributed by atoms with Gasteiger partial charge in [-0.1, -0.05) is 0 Å². The van der Waals surface area contributed by atoms with Crippen LogP contribution < -0.4 is 5.32 Å². The zero-order chi connectivity index (χ0) is 11.1. The Morgan fingerprint density at radius 1 is 1.67 bits per heavy atom. The van der Waals surface area contributed by atoms with Crippen molar-refractivity contribution in [2.24, 2.45) is 0 Å². The van der Waals surface area contributed by atoms with Gasteiger partial charge >= 0.3 is 5.97 Å². The zero-order valence-corrected chi connectivity index (χ0v) is 9.38. The Morgan fingerprint density at radius 3 is 3.13 bits per heavy atom. The van der Waals surface area contributed by atoms with Gasteiger partial charge in [0.1, 0.15) is 5.56 Å². The normalized spacial score (nSPS) is 9.93. The molecule has 0 aromatic carbocycles. The maximum Gasteiger partial charge on any atom is 0.339 e. The van der Waals surface area contributed by atoms with Crippen molar-refractivity contribution in [2.45, 2.75) is 6.42 Å². The third-order valence-electron chi connectivity index (χ3n) is 1.89. The molecule has 0 fully saturated rings. The molecule has 0 bridgehead atoms. The number of hydrogen-bond donors (Lipinski definition) is 2. The lowest BCUT2D eigenvalue weighted by Gasteiger charge is -2.07. The maximum atomic E-state index is 10.8. The van der Waals surface area contributed by atoms with E-state index in [9.17, 15) is 4.79 Å². The first-order valence-corrected chi connectivity index (χ1v) is 6.05. The number of carboxylic acid groups (broad SMARTS) is 1. The predicted molar refractivity (Wildman–Crippen MR) is 62.7 cm³/mol. The lowest BCUT2D eigenvalue weighted by atomic mass is 10.2. The van der Waals surface area contributed by atoms with E-state index >= 15 is 0 Å². The van der Waals surface area contributed by atoms with Crippen molar-refractivity contribution >= 4 is 23.4 Å². The van der Waals surface area contributed by atoms with Crippen LogP contribution in [-0.2, 0) is 0 Å². The smallest absolute Gasteiger partial charge is 0.339 e. The third-order valence-corrected chi connectivity index (χ3v) is 2.59. The van der Waals surface area contributed by atoms with Gasteiger partial charge in [-0.25, -0.2) is 4.79 Å². The summed E-state index contributed by atoms with van der Waals surface area (Å²) in [6, 6.07) is 1.68. The summed E-state index contributed by atoms with van der Waals surface area (Å²) in [6.07, 6.45) is 6.01. The Morgan fingerprint density at radius 2 is 2.47 bits per heavy atom. The largest absolute Gasteiger partial charge is 0.478 e. The standard InChI is InChI=1S/C10H14N2O2S/c1-15-6-2-4-12-9-3-5-11-7-8(9)10(13)14/h3,5,7H,2,4,6H2,1H3,(H,11,12)(H,13,14). The van der Waals surface area contributed by atoms with Crippen LogP contribution in [-0.4, -0.2) is 34.6 Å². The van der Waals surface area contributed by atoms with Crippen molar-refractivity contribution in [1.82, 2.24) is 4.98 Å². The van der Waals surface area contributed by atoms with Crippen LogP contribution in [0.15, 0.2) is 18.5 Å². The second-order valence-electron chi connectivity index (χ2n) is 3.00. The first-order chi connectivity index (χ1) is 7.25. The van der Waals surface area contributed by atoms with E-state index in [4.69, 9.17) is 5.11 Å². The molecule has 5 heteroatoms. The quantitative estimate of drug-likeness (QED) is 0.726. The second-order valence-corrected chi connectivity index (χ2v) is 3.99. The van der Waals surface area contributed by atoms with Gasteiger partial charge in [0.2, 0.25) is 0 Å². The van der Waals surface area contributed by atoms with Crippen LogP contribution in [0, 0.1) is 0 Å². The van der Waals surface area contributed by atoms with Gasteiger partial charge in [0, 0.05) is 18.9 Å². The van der Waals surface area contributed by atoms with Crippen molar-refractivity contribution in [3.05, 3.63) is 24.0 Å². The summed E-state index contributed by atoms with van der Waals surface area (Å²) in [4.78, 5) is 14.6. The molecule has 4 nitrogen and oxygen atoms in total. The molecule has 0 radical (unpaired) electrons. The molecule has 0 aliphatic carbocycles. The molecule has 2 N–H and O–H groups in total. The van der Waals surface area contributed by atoms with E-state index in [1.165, 1.54) is 6.20 Å². The molecule has 15 heavy (non-hydrogen) atoms. The number of nitrogens with one attached hydrogen (secondary N) is 1. The molecule has 0 spiro atoms. The molecular weight excluding hydrogens is 212 g/mol. The van der Waals surface area contributed by atoms with E-state index < -0.39 is 5.97 Å². The summed E-state index contributed by atoms with van der Waals surface area (Å²) < 4.78 is 0. The molecule has 82 valence electrons. The number of carbonyl (C=O) groups is 1. The highest BCUT2D eigenvalue weighted by Crippen LogP contribution is 2.13. The van der Waals surface area contributed by atoms with E-state index in [1.54, 1.807) is 24.0 Å². The van der Waals surface area contributed by atoms with Crippen LogP contribution >= 0.6 is 11.8 Å². The highest BCUT2D eigenvalue weighted by molar-refractivity contribution is 7.98. The van der Waals surface area contributed by atoms with Gasteiger partial charge in [-0.3, -0.25) is 4.98 Å². The predicted octanol–water partition coefficient (Wildman–Crippen LogP) is 1.94. The molecule has 0 aliphatic rings. The maximum absolute atomic E-state index is 10.8. The summed E-state index contributed by atoms with van der Waals surface area (Å²) in [5.74, 6) is 0.121. The van der Waals surface area contributed by atoms with Crippen molar-refractivity contribution in [1.29, 1.82) is 0 Å². The lowest BCUT2D eigenvalue weighted by molar-refractivity contribution is 0.0697. The van der Waals surface area contributed by atoms with Gasteiger partial charge in [-0.2, -0.15) is 11.8 Å². The Balaban J connectivity index is 2.56. The van der Waals surface area contributed by atoms with Crippen LogP contribution in [0.5, 0.6) is 0 Å². The molecule has 0 amide bonds. The number of aromatic nitrogens is 1. The Hall–Kier alpha value is -1.23. The number of anilines is 1. The highest BCUT2D eigenvalue weighted by atomic mass is 32.2. The van der Waals surface area contributed by atoms with Crippen molar-refractivity contribution < 1.29 is 9.90 Å². The van der Waals surface area contributed by atoms with E-state index in [2.05, 4.69) is 16.6 Å². The molecule has 0 saturated carbocycles. The van der Waals surface area contributed by atoms with Gasteiger partial charge in [-0.05, 0) is 24.5 Å². The Bertz CT molecular complexity index is 331. The van der Waals surface area contributed by atoms with E-state index in [-0.39, 0.29) is 5.56 Å². The zero-order valence-electron chi connectivity index (χ0n) is 8.56. The Kier molecular flexibility index (Phi) is 4.97. The average molecular weight is 226 g/mol. The van der Waals surface area contributed by atoms with Crippen LogP contribution in [0.2, 0.25) is 0 Å². The fraction of sp³-hybridized carbons (Fsp3) is 0.400. The van der Waals surface area contributed by atoms with Gasteiger partial charge in [0.05, 0.1) is 5.69 Å². The molecule has 0 unspecified atom stereocenters. The van der Waals surface area contributed by atoms with Crippen molar-refractivity contribution in [2.75, 3.05) is 23.9 Å². The summed E-state index contributed by atoms with van der Waals surface area (Å²) >= 11 is 1.78. The van der Waals surface area contributed by atoms with Crippen molar-refractivity contribution in [3.63, 3.8) is 0 Å². The summed E-state index contributed by atoms with van der Waals surface area (Å²) in [5, 5.41) is 12.0. The number of rotatable bonds is 6. The van der Waals surface area contributed by atoms with Gasteiger partial charge in [0.15, 0.2) is 0 Å². The molecule has 0 atom stereocenters. The minimum atomic E-state index is -0.949. The first kappa shape index (κ1) is 11.8. The van der Waals surface area contributed by atoms with Gasteiger partial charge < -0.3 is 10.4 Å². The van der Waals surface area contributed by atoms with Crippen molar-refractivity contribution in [3.8, 4) is 0 Å². The van der Waals surface area contributed by atoms with E-state index in [0.717, 1.165) is 18.7 Å². The van der Waals surface area contributed by atoms with Crippen LogP contribution in [0.1, 0.15) is 16.8 Å². The molecule has 0 saturated heterocycles. The van der Waals surface area contributed by atoms with E-state index in [1.807, 2.05) is 0 Å². The fourth-order valence-electron chi connectivity index (χ4n) is 1.16. The molecule has 1 aromatic rings. The number of pyridine rings is 1. The highest BCUT2D eigenvalue weighted by Gasteiger charge is 2.08. The number of hydrogen-bond acceptors (Lipinski definition) is 4. The molecule has 0 aliphatic heterocycles. The Labute approximate surface area is 93.1 Å². The van der Waals surface area contributed by atoms with Gasteiger partial charge in [-0.15, -0.1) is 0 Å². The fourth-order valence-corrected chi connectivity index (χ4v) is 1.59. The monoisotopic (exact) mass is 226 g/mol. The molecular formula is C10H14N2O2S. The van der Waals surface area contributed by atoms with Crippen LogP contribution in [0.25, 0.3) is 0 Å². The summed E-state index contributed by atoms with van der Waals surface area (Å²) in [6.45, 7) is 0.783. The number of nitrogens with zero attached hydrogens (tertiary/aromatic N) is 1. The summed E-state index contributed by atoms with van der Waals surface area (Å²) in [5.41, 5.74) is 0.861. The van der Waals surface area contributed by atoms with Gasteiger partial charge in [0.25, 0.3) is 0 Å². The molecule has 1 heterocycles. The summed E-state index contributed by atoms with van der Waals surface area (Å²) in [7, 11) is 0. The minimum absolute atomic E-state index is 0.224. The number of aromatic carboxylic acids is 1. The number of carboxylic acids is 1. The third kappa shape index (κ3) is 3.79. The van der Waals surface area contributed by atoms with Crippen LogP contribution in [0.3, 0.4) is 0 Å². The van der Waals surface area contributed by atoms with E-state index in [0.29, 0.717) is 5.69 Å². The SMILES string of the molecule is CSCCCNc1ccncc1C(=O)O. The first-order valence-electron chi connectivity index (χ1n) is 4.66. The number of thioether (sulfide) groups is 1. The topological polar surface area (TPSA) is 62.2 Å². The van der Waals surface area contributed by atoms with Crippen LogP contribution in [0.4, 0.5) is 5.69 Å².